The summed E-state index contributed by atoms with van der Waals surface area (Å²) in [6.45, 7) is -0.411. The Hall–Kier alpha value is -3.63. The number of hydrogen-bond donors (Lipinski definition) is 2. The Morgan fingerprint density at radius 2 is 1.73 bits per heavy atom. The van der Waals surface area contributed by atoms with Crippen LogP contribution >= 0.6 is 0 Å². The van der Waals surface area contributed by atoms with E-state index in [9.17, 15) is 31.9 Å². The molecule has 2 aromatic carbocycles. The zero-order valence-corrected chi connectivity index (χ0v) is 17.6. The second-order valence-corrected chi connectivity index (χ2v) is 6.85. The summed E-state index contributed by atoms with van der Waals surface area (Å²) in [7, 11) is 1.06. The Labute approximate surface area is 187 Å². The number of alkyl carbamates (subject to hydrolysis) is 1. The van der Waals surface area contributed by atoms with Crippen molar-refractivity contribution in [2.75, 3.05) is 13.7 Å². The van der Waals surface area contributed by atoms with Crippen molar-refractivity contribution in [2.24, 2.45) is 0 Å². The fourth-order valence-corrected chi connectivity index (χ4v) is 2.88. The zero-order valence-electron chi connectivity index (χ0n) is 17.6. The maximum Gasteiger partial charge on any atom is 0.416 e. The molecule has 2 aromatic rings. The molecule has 0 aliphatic heterocycles. The summed E-state index contributed by atoms with van der Waals surface area (Å²) in [6.07, 6.45) is -6.72. The summed E-state index contributed by atoms with van der Waals surface area (Å²) in [5.74, 6) is -2.82. The first kappa shape index (κ1) is 25.6. The Balaban J connectivity index is 1.91. The van der Waals surface area contributed by atoms with E-state index in [1.54, 1.807) is 30.3 Å². The van der Waals surface area contributed by atoms with Crippen molar-refractivity contribution >= 4 is 18.0 Å². The number of benzene rings is 2. The minimum Gasteiger partial charge on any atom is -0.467 e. The summed E-state index contributed by atoms with van der Waals surface area (Å²) >= 11 is 0. The Morgan fingerprint density at radius 3 is 2.36 bits per heavy atom. The molecule has 0 bridgehead atoms. The predicted molar refractivity (Wildman–Crippen MR) is 108 cm³/mol. The normalized spacial score (nSPS) is 11.9. The number of esters is 1. The highest BCUT2D eigenvalue weighted by Crippen LogP contribution is 2.33. The number of amides is 2. The van der Waals surface area contributed by atoms with Crippen molar-refractivity contribution in [1.29, 1.82) is 0 Å². The van der Waals surface area contributed by atoms with Crippen LogP contribution < -0.4 is 10.6 Å². The predicted octanol–water partition coefficient (Wildman–Crippen LogP) is 3.36. The van der Waals surface area contributed by atoms with Gasteiger partial charge in [0.1, 0.15) is 18.5 Å². The van der Waals surface area contributed by atoms with Crippen molar-refractivity contribution in [1.82, 2.24) is 10.6 Å². The lowest BCUT2D eigenvalue weighted by molar-refractivity contribution is -0.144. The lowest BCUT2D eigenvalue weighted by Crippen LogP contribution is -2.49. The van der Waals surface area contributed by atoms with Gasteiger partial charge in [0.25, 0.3) is 0 Å². The molecule has 0 fully saturated rings. The molecule has 11 heteroatoms. The van der Waals surface area contributed by atoms with Gasteiger partial charge in [-0.3, -0.25) is 4.79 Å². The van der Waals surface area contributed by atoms with E-state index in [2.05, 4.69) is 15.4 Å². The highest BCUT2D eigenvalue weighted by Gasteiger charge is 2.34. The molecule has 0 aliphatic carbocycles. The molecule has 7 nitrogen and oxygen atoms in total. The molecule has 178 valence electrons. The van der Waals surface area contributed by atoms with Crippen LogP contribution in [0.4, 0.5) is 22.4 Å². The van der Waals surface area contributed by atoms with E-state index in [0.29, 0.717) is 0 Å². The second kappa shape index (κ2) is 11.8. The average Bonchev–Trinajstić information content (AvgIpc) is 2.78. The van der Waals surface area contributed by atoms with Crippen LogP contribution in [0, 0.1) is 5.82 Å². The Kier molecular flexibility index (Phi) is 9.19. The number of halogens is 4. The first-order valence-electron chi connectivity index (χ1n) is 9.78. The molecule has 0 saturated heterocycles. The van der Waals surface area contributed by atoms with E-state index in [4.69, 9.17) is 4.74 Å². The smallest absolute Gasteiger partial charge is 0.416 e. The number of rotatable bonds is 9. The summed E-state index contributed by atoms with van der Waals surface area (Å²) in [5.41, 5.74) is -1.10. The third-order valence-corrected chi connectivity index (χ3v) is 4.51. The monoisotopic (exact) mass is 470 g/mol. The summed E-state index contributed by atoms with van der Waals surface area (Å²) in [5, 5.41) is 4.56. The minimum absolute atomic E-state index is 0.0217. The van der Waals surface area contributed by atoms with Gasteiger partial charge in [-0.05, 0) is 24.1 Å². The average molecular weight is 470 g/mol. The van der Waals surface area contributed by atoms with Crippen LogP contribution in [-0.4, -0.2) is 37.7 Å². The highest BCUT2D eigenvalue weighted by atomic mass is 19.4. The van der Waals surface area contributed by atoms with Crippen LogP contribution in [0.2, 0.25) is 0 Å². The maximum atomic E-state index is 13.9. The molecule has 0 aromatic heterocycles. The molecule has 2 rings (SSSR count). The van der Waals surface area contributed by atoms with Crippen LogP contribution in [0.1, 0.15) is 23.1 Å². The highest BCUT2D eigenvalue weighted by molar-refractivity contribution is 5.85. The van der Waals surface area contributed by atoms with Crippen LogP contribution in [0.5, 0.6) is 0 Å². The van der Waals surface area contributed by atoms with E-state index in [-0.39, 0.29) is 13.2 Å². The van der Waals surface area contributed by atoms with Gasteiger partial charge in [0.2, 0.25) is 5.91 Å². The fourth-order valence-electron chi connectivity index (χ4n) is 2.88. The molecule has 0 saturated carbocycles. The maximum absolute atomic E-state index is 13.9. The number of ether oxygens (including phenoxy) is 2. The van der Waals surface area contributed by atoms with Crippen molar-refractivity contribution in [3.05, 3.63) is 71.0 Å². The van der Waals surface area contributed by atoms with Gasteiger partial charge >= 0.3 is 18.2 Å². The second-order valence-electron chi connectivity index (χ2n) is 6.85. The first-order chi connectivity index (χ1) is 15.6. The molecule has 33 heavy (non-hydrogen) atoms. The van der Waals surface area contributed by atoms with Crippen LogP contribution in [0.25, 0.3) is 0 Å². The summed E-state index contributed by atoms with van der Waals surface area (Å²) < 4.78 is 62.7. The quantitative estimate of drug-likeness (QED) is 0.433. The number of carbonyl (C=O) groups excluding carboxylic acids is 3. The van der Waals surface area contributed by atoms with E-state index < -0.39 is 60.0 Å². The first-order valence-corrected chi connectivity index (χ1v) is 9.78. The molecule has 2 N–H and O–H groups in total. The van der Waals surface area contributed by atoms with E-state index >= 15 is 0 Å². The number of alkyl halides is 3. The van der Waals surface area contributed by atoms with Gasteiger partial charge in [-0.1, -0.05) is 36.4 Å². The van der Waals surface area contributed by atoms with Gasteiger partial charge in [0, 0.05) is 12.0 Å². The molecular weight excluding hydrogens is 448 g/mol. The van der Waals surface area contributed by atoms with Crippen molar-refractivity contribution in [3.63, 3.8) is 0 Å². The molecule has 0 unspecified atom stereocenters. The number of methoxy groups -OCH3 is 1. The largest absolute Gasteiger partial charge is 0.467 e. The van der Waals surface area contributed by atoms with Crippen molar-refractivity contribution in [2.45, 2.75) is 31.7 Å². The topological polar surface area (TPSA) is 93.7 Å². The molecule has 0 heterocycles. The Bertz CT molecular complexity index is 967. The van der Waals surface area contributed by atoms with Crippen LogP contribution in [-0.2, 0) is 38.3 Å². The number of carbonyl (C=O) groups is 3. The van der Waals surface area contributed by atoms with Gasteiger partial charge in [0.15, 0.2) is 0 Å². The van der Waals surface area contributed by atoms with Gasteiger partial charge in [-0.2, -0.15) is 13.2 Å². The third-order valence-electron chi connectivity index (χ3n) is 4.51. The van der Waals surface area contributed by atoms with Crippen LogP contribution in [0.15, 0.2) is 48.5 Å². The lowest BCUT2D eigenvalue weighted by Gasteiger charge is -2.18. The van der Waals surface area contributed by atoms with Crippen molar-refractivity contribution < 1.29 is 41.4 Å². The molecule has 2 amide bonds. The molecule has 0 aliphatic rings. The van der Waals surface area contributed by atoms with E-state index in [1.807, 2.05) is 0 Å². The zero-order chi connectivity index (χ0) is 24.4. The van der Waals surface area contributed by atoms with Gasteiger partial charge in [-0.25, -0.2) is 14.0 Å². The molecule has 1 atom stereocenters. The third kappa shape index (κ3) is 8.09. The number of hydrogen-bond acceptors (Lipinski definition) is 5. The van der Waals surface area contributed by atoms with Gasteiger partial charge < -0.3 is 20.1 Å². The van der Waals surface area contributed by atoms with E-state index in [0.717, 1.165) is 30.9 Å². The fraction of sp³-hybridized carbons (Fsp3) is 0.318. The molecular formula is C22H22F4N2O5. The summed E-state index contributed by atoms with van der Waals surface area (Å²) in [4.78, 5) is 36.0. The number of nitrogens with one attached hydrogen (secondary N) is 2. The lowest BCUT2D eigenvalue weighted by atomic mass is 10.0. The Morgan fingerprint density at radius 1 is 1.03 bits per heavy atom. The van der Waals surface area contributed by atoms with Crippen molar-refractivity contribution in [3.8, 4) is 0 Å². The minimum atomic E-state index is -4.79. The van der Waals surface area contributed by atoms with Crippen LogP contribution in [0.3, 0.4) is 0 Å². The SMILES string of the molecule is COC(=O)[C@H](CNC(=O)OCc1ccccc1)NC(=O)CCc1c(F)cccc1C(F)(F)F. The molecule has 0 radical (unpaired) electrons. The van der Waals surface area contributed by atoms with Gasteiger partial charge in [0.05, 0.1) is 19.2 Å². The summed E-state index contributed by atoms with van der Waals surface area (Å²) in [6, 6.07) is 9.99. The van der Waals surface area contributed by atoms with Gasteiger partial charge in [-0.15, -0.1) is 0 Å². The molecule has 0 spiro atoms. The standard InChI is InChI=1S/C22H22F4N2O5/c1-32-20(30)18(12-27-21(31)33-13-14-6-3-2-4-7-14)28-19(29)11-10-15-16(22(24,25)26)8-5-9-17(15)23/h2-9,18H,10-13H2,1H3,(H,27,31)(H,28,29)/t18-/m0/s1. The van der Waals surface area contributed by atoms with E-state index in [1.165, 1.54) is 0 Å².